The Bertz CT molecular complexity index is 415. The van der Waals surface area contributed by atoms with Crippen LogP contribution in [0.4, 0.5) is 0 Å². The Kier molecular flexibility index (Phi) is 3.81. The molecule has 0 N–H and O–H groups in total. The maximum absolute atomic E-state index is 5.76. The number of aromatic nitrogens is 2. The molecule has 0 atom stereocenters. The topological polar surface area (TPSA) is 60.6 Å². The molecule has 3 rings (SSSR count). The van der Waals surface area contributed by atoms with Crippen molar-refractivity contribution in [1.29, 1.82) is 0 Å². The van der Waals surface area contributed by atoms with Gasteiger partial charge >= 0.3 is 0 Å². The van der Waals surface area contributed by atoms with Crippen molar-refractivity contribution >= 4 is 0 Å². The van der Waals surface area contributed by atoms with Crippen LogP contribution in [0.5, 0.6) is 0 Å². The molecular weight excluding hydrogens is 246 g/mol. The molecule has 2 aliphatic heterocycles. The van der Waals surface area contributed by atoms with E-state index in [-0.39, 0.29) is 5.79 Å². The van der Waals surface area contributed by atoms with E-state index >= 15 is 0 Å². The van der Waals surface area contributed by atoms with E-state index < -0.39 is 0 Å². The smallest absolute Gasteiger partial charge is 0.226 e. The van der Waals surface area contributed by atoms with Crippen LogP contribution < -0.4 is 0 Å². The van der Waals surface area contributed by atoms with Gasteiger partial charge in [-0.05, 0) is 19.4 Å². The van der Waals surface area contributed by atoms with Gasteiger partial charge < -0.3 is 14.0 Å². The first-order chi connectivity index (χ1) is 9.30. The molecule has 0 aliphatic carbocycles. The second-order valence-corrected chi connectivity index (χ2v) is 5.28. The summed E-state index contributed by atoms with van der Waals surface area (Å²) in [5.41, 5.74) is 0. The Balaban J connectivity index is 1.59. The first-order valence-corrected chi connectivity index (χ1v) is 7.11. The number of rotatable bonds is 4. The number of likely N-dealkylation sites (tertiary alicyclic amines) is 1. The molecule has 0 aromatic carbocycles. The Morgan fingerprint density at radius 3 is 2.95 bits per heavy atom. The summed E-state index contributed by atoms with van der Waals surface area (Å²) in [7, 11) is 0. The summed E-state index contributed by atoms with van der Waals surface area (Å²) in [5, 5.41) is 4.03. The minimum absolute atomic E-state index is 0.381. The maximum atomic E-state index is 5.76. The van der Waals surface area contributed by atoms with Crippen molar-refractivity contribution in [2.24, 2.45) is 0 Å². The predicted molar refractivity (Wildman–Crippen MR) is 67.4 cm³/mol. The molecule has 2 saturated heterocycles. The summed E-state index contributed by atoms with van der Waals surface area (Å²) in [6.45, 7) is 6.05. The van der Waals surface area contributed by atoms with Crippen molar-refractivity contribution < 1.29 is 14.0 Å². The number of hydrogen-bond donors (Lipinski definition) is 0. The highest BCUT2D eigenvalue weighted by atomic mass is 16.7. The lowest BCUT2D eigenvalue weighted by Gasteiger charge is -2.37. The first-order valence-electron chi connectivity index (χ1n) is 7.11. The van der Waals surface area contributed by atoms with Gasteiger partial charge in [0, 0.05) is 12.8 Å². The lowest BCUT2D eigenvalue weighted by Crippen LogP contribution is -2.48. The normalized spacial score (nSPS) is 23.2. The second kappa shape index (κ2) is 5.56. The van der Waals surface area contributed by atoms with Gasteiger partial charge in [0.25, 0.3) is 0 Å². The third kappa shape index (κ3) is 2.96. The molecule has 2 fully saturated rings. The average Bonchev–Trinajstić information content (AvgIpc) is 3.01. The largest absolute Gasteiger partial charge is 0.346 e. The molecule has 2 aliphatic rings. The number of aryl methyl sites for hydroxylation is 1. The lowest BCUT2D eigenvalue weighted by molar-refractivity contribution is -0.190. The molecule has 0 radical (unpaired) electrons. The standard InChI is InChI=1S/C13H21N3O3/c1-2-4-12-14-11(15-19-12)9-16-6-3-5-13(10-16)17-7-8-18-13/h2-10H2,1H3. The summed E-state index contributed by atoms with van der Waals surface area (Å²) in [4.78, 5) is 6.70. The van der Waals surface area contributed by atoms with E-state index in [1.54, 1.807) is 0 Å². The van der Waals surface area contributed by atoms with Crippen LogP contribution in [0.2, 0.25) is 0 Å². The van der Waals surface area contributed by atoms with Gasteiger partial charge in [-0.3, -0.25) is 4.90 Å². The third-order valence-electron chi connectivity index (χ3n) is 3.65. The van der Waals surface area contributed by atoms with Crippen LogP contribution in [0.15, 0.2) is 4.52 Å². The number of piperidine rings is 1. The van der Waals surface area contributed by atoms with E-state index in [2.05, 4.69) is 22.0 Å². The summed E-state index contributed by atoms with van der Waals surface area (Å²) in [5.74, 6) is 1.12. The molecule has 19 heavy (non-hydrogen) atoms. The molecule has 1 aromatic rings. The zero-order valence-electron chi connectivity index (χ0n) is 11.4. The van der Waals surface area contributed by atoms with Crippen molar-refractivity contribution in [2.45, 2.75) is 44.9 Å². The Hall–Kier alpha value is -0.980. The van der Waals surface area contributed by atoms with Crippen molar-refractivity contribution in [2.75, 3.05) is 26.3 Å². The van der Waals surface area contributed by atoms with Crippen LogP contribution in [0, 0.1) is 0 Å². The van der Waals surface area contributed by atoms with Crippen LogP contribution in [0.1, 0.15) is 37.9 Å². The molecular formula is C13H21N3O3. The van der Waals surface area contributed by atoms with Crippen LogP contribution in [0.3, 0.4) is 0 Å². The highest BCUT2D eigenvalue weighted by Gasteiger charge is 2.40. The summed E-state index contributed by atoms with van der Waals surface area (Å²) in [6.07, 6.45) is 3.94. The summed E-state index contributed by atoms with van der Waals surface area (Å²) >= 11 is 0. The molecule has 1 aromatic heterocycles. The highest BCUT2D eigenvalue weighted by Crippen LogP contribution is 2.30. The molecule has 3 heterocycles. The van der Waals surface area contributed by atoms with Gasteiger partial charge in [0.2, 0.25) is 5.89 Å². The highest BCUT2D eigenvalue weighted by molar-refractivity contribution is 4.90. The van der Waals surface area contributed by atoms with Gasteiger partial charge in [-0.15, -0.1) is 0 Å². The molecule has 106 valence electrons. The fraction of sp³-hybridized carbons (Fsp3) is 0.846. The monoisotopic (exact) mass is 267 g/mol. The van der Waals surface area contributed by atoms with E-state index in [9.17, 15) is 0 Å². The molecule has 6 nitrogen and oxygen atoms in total. The van der Waals surface area contributed by atoms with E-state index in [1.807, 2.05) is 0 Å². The van der Waals surface area contributed by atoms with E-state index in [0.29, 0.717) is 19.8 Å². The Morgan fingerprint density at radius 2 is 2.16 bits per heavy atom. The van der Waals surface area contributed by atoms with Crippen LogP contribution in [0.25, 0.3) is 0 Å². The van der Waals surface area contributed by atoms with E-state index in [1.165, 1.54) is 0 Å². The zero-order chi connectivity index (χ0) is 13.1. The Labute approximate surface area is 113 Å². The van der Waals surface area contributed by atoms with Crippen molar-refractivity contribution in [1.82, 2.24) is 15.0 Å². The molecule has 0 amide bonds. The SMILES string of the molecule is CCCc1nc(CN2CCCC3(C2)OCCO3)no1. The van der Waals surface area contributed by atoms with Crippen LogP contribution in [-0.4, -0.2) is 47.1 Å². The molecule has 0 saturated carbocycles. The fourth-order valence-electron chi connectivity index (χ4n) is 2.81. The summed E-state index contributed by atoms with van der Waals surface area (Å²) in [6, 6.07) is 0. The predicted octanol–water partition coefficient (Wildman–Crippen LogP) is 1.36. The van der Waals surface area contributed by atoms with Gasteiger partial charge in [-0.1, -0.05) is 12.1 Å². The zero-order valence-corrected chi connectivity index (χ0v) is 11.4. The van der Waals surface area contributed by atoms with Gasteiger partial charge in [-0.25, -0.2) is 0 Å². The van der Waals surface area contributed by atoms with Crippen LogP contribution in [-0.2, 0) is 22.4 Å². The molecule has 0 bridgehead atoms. The van der Waals surface area contributed by atoms with Gasteiger partial charge in [-0.2, -0.15) is 4.98 Å². The second-order valence-electron chi connectivity index (χ2n) is 5.28. The molecule has 1 spiro atoms. The maximum Gasteiger partial charge on any atom is 0.226 e. The Morgan fingerprint density at radius 1 is 1.32 bits per heavy atom. The van der Waals surface area contributed by atoms with Crippen molar-refractivity contribution in [3.63, 3.8) is 0 Å². The van der Waals surface area contributed by atoms with Gasteiger partial charge in [0.05, 0.1) is 26.3 Å². The quantitative estimate of drug-likeness (QED) is 0.821. The van der Waals surface area contributed by atoms with Crippen molar-refractivity contribution in [3.8, 4) is 0 Å². The van der Waals surface area contributed by atoms with Gasteiger partial charge in [0.15, 0.2) is 11.6 Å². The van der Waals surface area contributed by atoms with Crippen LogP contribution >= 0.6 is 0 Å². The van der Waals surface area contributed by atoms with E-state index in [0.717, 1.165) is 50.5 Å². The van der Waals surface area contributed by atoms with Gasteiger partial charge in [0.1, 0.15) is 0 Å². The molecule has 0 unspecified atom stereocenters. The number of hydrogen-bond acceptors (Lipinski definition) is 6. The third-order valence-corrected chi connectivity index (χ3v) is 3.65. The fourth-order valence-corrected chi connectivity index (χ4v) is 2.81. The molecule has 6 heteroatoms. The number of nitrogens with zero attached hydrogens (tertiary/aromatic N) is 3. The lowest BCUT2D eigenvalue weighted by atomic mass is 10.0. The minimum atomic E-state index is -0.381. The minimum Gasteiger partial charge on any atom is -0.346 e. The van der Waals surface area contributed by atoms with E-state index in [4.69, 9.17) is 14.0 Å². The van der Waals surface area contributed by atoms with Crippen molar-refractivity contribution in [3.05, 3.63) is 11.7 Å². The summed E-state index contributed by atoms with van der Waals surface area (Å²) < 4.78 is 16.7. The first kappa shape index (κ1) is 13.0. The number of ether oxygens (including phenoxy) is 2. The average molecular weight is 267 g/mol.